The fourth-order valence-corrected chi connectivity index (χ4v) is 4.07. The van der Waals surface area contributed by atoms with Crippen LogP contribution in [0.15, 0.2) is 101 Å². The van der Waals surface area contributed by atoms with Crippen molar-refractivity contribution in [2.24, 2.45) is 0 Å². The van der Waals surface area contributed by atoms with Crippen LogP contribution in [0.1, 0.15) is 0 Å². The van der Waals surface area contributed by atoms with E-state index in [0.717, 1.165) is 0 Å². The molecule has 0 aliphatic heterocycles. The Morgan fingerprint density at radius 2 is 1.74 bits per heavy atom. The average molecular weight is 518 g/mol. The van der Waals surface area contributed by atoms with Gasteiger partial charge in [0.15, 0.2) is 12.3 Å². The van der Waals surface area contributed by atoms with Gasteiger partial charge in [-0.3, -0.25) is 4.79 Å². The summed E-state index contributed by atoms with van der Waals surface area (Å²) < 4.78 is 54.5. The lowest BCUT2D eigenvalue weighted by molar-refractivity contribution is -0.153. The number of para-hydroxylation sites is 1. The number of ether oxygens (including phenoxy) is 1. The van der Waals surface area contributed by atoms with E-state index in [1.54, 1.807) is 41.3 Å². The van der Waals surface area contributed by atoms with Crippen molar-refractivity contribution in [2.75, 3.05) is 6.61 Å². The Bertz CT molecular complexity index is 1790. The van der Waals surface area contributed by atoms with E-state index in [1.807, 2.05) is 30.3 Å². The van der Waals surface area contributed by atoms with Crippen LogP contribution < -0.4 is 10.2 Å². The molecule has 190 valence electrons. The molecular weight excluding hydrogens is 501 g/mol. The first-order valence-corrected chi connectivity index (χ1v) is 11.3. The number of hydrogen-bond acceptors (Lipinski definition) is 6. The molecule has 0 unspecified atom stereocenters. The summed E-state index contributed by atoms with van der Waals surface area (Å²) in [6.07, 6.45) is 1.46. The molecule has 0 N–H and O–H groups in total. The minimum absolute atomic E-state index is 0.00766. The number of alkyl halides is 3. The van der Waals surface area contributed by atoms with E-state index in [1.165, 1.54) is 34.0 Å². The van der Waals surface area contributed by atoms with E-state index < -0.39 is 18.2 Å². The Morgan fingerprint density at radius 3 is 2.50 bits per heavy atom. The average Bonchev–Trinajstić information content (AvgIpc) is 3.70. The topological polar surface area (TPSA) is 92.9 Å². The summed E-state index contributed by atoms with van der Waals surface area (Å²) in [6.45, 7) is -1.52. The minimum atomic E-state index is -4.58. The van der Waals surface area contributed by atoms with Gasteiger partial charge in [0, 0.05) is 24.5 Å². The molecule has 0 fully saturated rings. The molecule has 12 heteroatoms. The maximum atomic E-state index is 13.4. The van der Waals surface area contributed by atoms with Gasteiger partial charge in [-0.15, -0.1) is 0 Å². The molecular formula is C26H17F3N6O3. The Morgan fingerprint density at radius 1 is 0.895 bits per heavy atom. The molecule has 0 amide bonds. The van der Waals surface area contributed by atoms with Gasteiger partial charge in [0.25, 0.3) is 5.43 Å². The molecule has 38 heavy (non-hydrogen) atoms. The van der Waals surface area contributed by atoms with Crippen molar-refractivity contribution in [3.8, 4) is 34.2 Å². The molecule has 4 aromatic heterocycles. The minimum Gasteiger partial charge on any atom is -0.482 e. The van der Waals surface area contributed by atoms with Gasteiger partial charge >= 0.3 is 6.18 Å². The first kappa shape index (κ1) is 23.3. The maximum absolute atomic E-state index is 13.4. The molecule has 0 saturated heterocycles. The van der Waals surface area contributed by atoms with Crippen molar-refractivity contribution < 1.29 is 22.3 Å². The highest BCUT2D eigenvalue weighted by Gasteiger charge is 2.29. The van der Waals surface area contributed by atoms with Gasteiger partial charge in [-0.2, -0.15) is 28.5 Å². The lowest BCUT2D eigenvalue weighted by Gasteiger charge is -2.17. The highest BCUT2D eigenvalue weighted by molar-refractivity contribution is 5.79. The van der Waals surface area contributed by atoms with E-state index >= 15 is 0 Å². The third kappa shape index (κ3) is 4.21. The zero-order chi connectivity index (χ0) is 26.3. The fraction of sp³-hybridized carbons (Fsp3) is 0.0769. The number of benzene rings is 2. The fourth-order valence-electron chi connectivity index (χ4n) is 4.07. The van der Waals surface area contributed by atoms with Crippen molar-refractivity contribution in [2.45, 2.75) is 6.18 Å². The molecule has 9 nitrogen and oxygen atoms in total. The zero-order valence-electron chi connectivity index (χ0n) is 19.4. The van der Waals surface area contributed by atoms with E-state index in [4.69, 9.17) is 9.15 Å². The van der Waals surface area contributed by atoms with E-state index in [0.29, 0.717) is 17.1 Å². The van der Waals surface area contributed by atoms with Crippen LogP contribution in [0.4, 0.5) is 13.2 Å². The highest BCUT2D eigenvalue weighted by Crippen LogP contribution is 2.31. The van der Waals surface area contributed by atoms with Gasteiger partial charge in [-0.1, -0.05) is 18.2 Å². The van der Waals surface area contributed by atoms with Crippen LogP contribution in [0, 0.1) is 0 Å². The lowest BCUT2D eigenvalue weighted by Crippen LogP contribution is -2.21. The van der Waals surface area contributed by atoms with Crippen LogP contribution in [-0.2, 0) is 0 Å². The Balaban J connectivity index is 1.56. The number of aromatic nitrogens is 6. The zero-order valence-corrected chi connectivity index (χ0v) is 19.4. The standard InChI is InChI=1S/C26H17F3N6O3/c27-26(28,29)16-38-22-15-18(33-13-4-11-30-33)7-8-19(22)35-21-10-14-37-25(21)24(36)23(32-35)20-9-12-31-34(20)17-5-2-1-3-6-17/h1-15H,16H2. The van der Waals surface area contributed by atoms with Gasteiger partial charge in [-0.05, 0) is 36.4 Å². The molecule has 0 atom stereocenters. The number of nitrogens with zero attached hydrogens (tertiary/aromatic N) is 6. The van der Waals surface area contributed by atoms with Crippen LogP contribution in [0.3, 0.4) is 0 Å². The third-order valence-electron chi connectivity index (χ3n) is 5.71. The summed E-state index contributed by atoms with van der Waals surface area (Å²) in [5.41, 5.74) is 1.45. The normalized spacial score (nSPS) is 11.8. The second-order valence-corrected chi connectivity index (χ2v) is 8.19. The van der Waals surface area contributed by atoms with Crippen LogP contribution >= 0.6 is 0 Å². The summed E-state index contributed by atoms with van der Waals surface area (Å²) in [6, 6.07) is 18.6. The predicted octanol–water partition coefficient (Wildman–Crippen LogP) is 4.96. The largest absolute Gasteiger partial charge is 0.482 e. The van der Waals surface area contributed by atoms with Crippen LogP contribution in [0.2, 0.25) is 0 Å². The third-order valence-corrected chi connectivity index (χ3v) is 5.71. The van der Waals surface area contributed by atoms with Gasteiger partial charge in [-0.25, -0.2) is 14.0 Å². The van der Waals surface area contributed by atoms with Crippen LogP contribution in [0.5, 0.6) is 5.75 Å². The van der Waals surface area contributed by atoms with Crippen molar-refractivity contribution in [1.82, 2.24) is 29.3 Å². The summed E-state index contributed by atoms with van der Waals surface area (Å²) in [7, 11) is 0. The van der Waals surface area contributed by atoms with Crippen molar-refractivity contribution in [3.05, 3.63) is 102 Å². The molecule has 0 radical (unpaired) electrons. The Hall–Kier alpha value is -5.13. The maximum Gasteiger partial charge on any atom is 0.422 e. The number of rotatable bonds is 6. The van der Waals surface area contributed by atoms with Gasteiger partial charge in [0.1, 0.15) is 17.0 Å². The summed E-state index contributed by atoms with van der Waals surface area (Å²) in [4.78, 5) is 13.4. The molecule has 0 bridgehead atoms. The predicted molar refractivity (Wildman–Crippen MR) is 131 cm³/mol. The molecule has 6 rings (SSSR count). The van der Waals surface area contributed by atoms with Crippen LogP contribution in [0.25, 0.3) is 39.5 Å². The lowest BCUT2D eigenvalue weighted by atomic mass is 10.2. The molecule has 0 saturated carbocycles. The quantitative estimate of drug-likeness (QED) is 0.310. The van der Waals surface area contributed by atoms with E-state index in [2.05, 4.69) is 15.3 Å². The van der Waals surface area contributed by atoms with Crippen molar-refractivity contribution in [1.29, 1.82) is 0 Å². The first-order chi connectivity index (χ1) is 18.4. The Kier molecular flexibility index (Phi) is 5.56. The molecule has 2 aromatic carbocycles. The second-order valence-electron chi connectivity index (χ2n) is 8.19. The summed E-state index contributed by atoms with van der Waals surface area (Å²) in [5.74, 6) is -0.114. The molecule has 0 spiro atoms. The molecule has 0 aliphatic carbocycles. The monoisotopic (exact) mass is 518 g/mol. The van der Waals surface area contributed by atoms with Gasteiger partial charge in [0.2, 0.25) is 5.58 Å². The number of hydrogen-bond donors (Lipinski definition) is 0. The van der Waals surface area contributed by atoms with E-state index in [-0.39, 0.29) is 28.2 Å². The molecule has 0 aliphatic rings. The smallest absolute Gasteiger partial charge is 0.422 e. The van der Waals surface area contributed by atoms with Crippen molar-refractivity contribution in [3.63, 3.8) is 0 Å². The van der Waals surface area contributed by atoms with E-state index in [9.17, 15) is 18.0 Å². The second kappa shape index (κ2) is 9.07. The van der Waals surface area contributed by atoms with Gasteiger partial charge in [0.05, 0.1) is 29.5 Å². The molecule has 4 heterocycles. The van der Waals surface area contributed by atoms with Crippen molar-refractivity contribution >= 4 is 11.1 Å². The summed E-state index contributed by atoms with van der Waals surface area (Å²) in [5, 5.41) is 13.0. The number of furan rings is 1. The number of halogens is 3. The summed E-state index contributed by atoms with van der Waals surface area (Å²) >= 11 is 0. The van der Waals surface area contributed by atoms with Crippen LogP contribution in [-0.4, -0.2) is 42.1 Å². The SMILES string of the molecule is O=c1c(-c2ccnn2-c2ccccc2)nn(-c2ccc(-n3cccn3)cc2OCC(F)(F)F)c2ccoc12. The van der Waals surface area contributed by atoms with Gasteiger partial charge < -0.3 is 9.15 Å². The number of fused-ring (bicyclic) bond motifs is 1. The molecule has 6 aromatic rings. The Labute approximate surface area is 211 Å². The highest BCUT2D eigenvalue weighted by atomic mass is 19.4. The first-order valence-electron chi connectivity index (χ1n) is 11.3.